The number of amides is 6. The molecule has 21 heteroatoms. The van der Waals surface area contributed by atoms with Crippen LogP contribution >= 0.6 is 0 Å². The molecule has 4 atom stereocenters. The highest BCUT2D eigenvalue weighted by Gasteiger charge is 2.25. The topological polar surface area (TPSA) is 315 Å². The van der Waals surface area contributed by atoms with Gasteiger partial charge in [-0.1, -0.05) is 13.8 Å². The molecule has 0 aromatic carbocycles. The van der Waals surface area contributed by atoms with Crippen molar-refractivity contribution in [3.8, 4) is 0 Å². The number of nitrogens with one attached hydrogen (secondary N) is 6. The Hall–Kier alpha value is -3.99. The number of ether oxygens (including phenoxy) is 4. The first-order valence-corrected chi connectivity index (χ1v) is 16.4. The van der Waals surface area contributed by atoms with Crippen LogP contribution in [0.25, 0.3) is 0 Å². The van der Waals surface area contributed by atoms with Gasteiger partial charge in [0.05, 0.1) is 71.2 Å². The number of carbonyl (C=O) groups excluding carboxylic acids is 6. The smallest absolute Gasteiger partial charge is 0.306 e. The van der Waals surface area contributed by atoms with Gasteiger partial charge in [0.1, 0.15) is 25.3 Å². The van der Waals surface area contributed by atoms with Crippen molar-refractivity contribution in [2.75, 3.05) is 85.6 Å². The molecule has 0 aliphatic carbocycles. The van der Waals surface area contributed by atoms with Gasteiger partial charge < -0.3 is 71.9 Å². The molecule has 0 aliphatic rings. The molecule has 4 unspecified atom stereocenters. The van der Waals surface area contributed by atoms with Gasteiger partial charge in [-0.15, -0.1) is 0 Å². The number of nitrogens with two attached hydrogens (primary N) is 1. The predicted molar refractivity (Wildman–Crippen MR) is 178 cm³/mol. The Labute approximate surface area is 296 Å². The highest BCUT2D eigenvalue weighted by molar-refractivity contribution is 5.90. The lowest BCUT2D eigenvalue weighted by molar-refractivity contribution is -0.139. The fraction of sp³-hybridized carbons (Fsp3) is 0.767. The summed E-state index contributed by atoms with van der Waals surface area (Å²) < 4.78 is 20.8. The van der Waals surface area contributed by atoms with Crippen LogP contribution in [0.1, 0.15) is 33.6 Å². The second kappa shape index (κ2) is 28.7. The van der Waals surface area contributed by atoms with E-state index in [0.29, 0.717) is 19.8 Å². The molecule has 21 nitrogen and oxygen atoms in total. The van der Waals surface area contributed by atoms with Crippen molar-refractivity contribution in [1.82, 2.24) is 31.9 Å². The Morgan fingerprint density at radius 1 is 0.608 bits per heavy atom. The molecule has 294 valence electrons. The molecule has 0 bridgehead atoms. The first-order chi connectivity index (χ1) is 24.2. The highest BCUT2D eigenvalue weighted by atomic mass is 16.5. The number of carboxylic acid groups (broad SMARTS) is 1. The van der Waals surface area contributed by atoms with Crippen LogP contribution in [-0.4, -0.2) is 167 Å². The molecule has 0 aromatic rings. The second-order valence-corrected chi connectivity index (χ2v) is 11.4. The van der Waals surface area contributed by atoms with E-state index in [0.717, 1.165) is 0 Å². The van der Waals surface area contributed by atoms with E-state index in [4.69, 9.17) is 29.8 Å². The molecule has 11 N–H and O–H groups in total. The van der Waals surface area contributed by atoms with Crippen molar-refractivity contribution in [3.05, 3.63) is 0 Å². The van der Waals surface area contributed by atoms with Gasteiger partial charge in [-0.05, 0) is 12.8 Å². The minimum Gasteiger partial charge on any atom is -0.481 e. The number of aliphatic hydroxyl groups is 2. The van der Waals surface area contributed by atoms with E-state index in [9.17, 15) is 43.8 Å². The molecule has 0 saturated heterocycles. The number of rotatable bonds is 30. The van der Waals surface area contributed by atoms with Gasteiger partial charge in [0.15, 0.2) is 0 Å². The highest BCUT2D eigenvalue weighted by Crippen LogP contribution is 2.02. The van der Waals surface area contributed by atoms with Crippen LogP contribution in [0.3, 0.4) is 0 Å². The monoisotopic (exact) mass is 737 g/mol. The largest absolute Gasteiger partial charge is 0.481 e. The third kappa shape index (κ3) is 26.5. The molecule has 0 aliphatic heterocycles. The summed E-state index contributed by atoms with van der Waals surface area (Å²) in [5.74, 6) is -5.20. The Morgan fingerprint density at radius 3 is 1.71 bits per heavy atom. The second-order valence-electron chi connectivity index (χ2n) is 11.4. The third-order valence-corrected chi connectivity index (χ3v) is 6.38. The molecule has 0 saturated carbocycles. The van der Waals surface area contributed by atoms with Crippen LogP contribution in [-0.2, 0) is 52.5 Å². The first kappa shape index (κ1) is 47.0. The standard InChI is InChI=1S/C30H55N7O14/c1-19(2)28(30(47)35-14-21(38)12-23(40)36-20(3)29(46)34-15-22(39)13-27(44)45)37-24(41)16-33-26(43)18-51-11-9-49-7-5-32-25(42)17-50-10-8-48-6-4-31/h19-22,28,38-39H,4-18,31H2,1-3H3,(H,32,42)(H,33,43)(H,34,46)(H,35,47)(H,36,40)(H,37,41)(H,44,45). The lowest BCUT2D eigenvalue weighted by Crippen LogP contribution is -2.53. The van der Waals surface area contributed by atoms with Crippen molar-refractivity contribution >= 4 is 41.4 Å². The SMILES string of the molecule is CC(NC(=O)CC(O)CNC(=O)C(NC(=O)CNC(=O)COCCOCCNC(=O)COCCOCCN)C(C)C)C(=O)NCC(O)CC(=O)O. The van der Waals surface area contributed by atoms with Crippen LogP contribution in [0.2, 0.25) is 0 Å². The van der Waals surface area contributed by atoms with Gasteiger partial charge in [-0.3, -0.25) is 33.6 Å². The molecule has 0 heterocycles. The average Bonchev–Trinajstić information content (AvgIpc) is 3.06. The number of aliphatic carboxylic acids is 1. The lowest BCUT2D eigenvalue weighted by Gasteiger charge is -2.23. The first-order valence-electron chi connectivity index (χ1n) is 16.4. The maximum Gasteiger partial charge on any atom is 0.306 e. The minimum atomic E-state index is -1.33. The molecule has 0 aromatic heterocycles. The maximum atomic E-state index is 12.7. The number of hydrogen-bond acceptors (Lipinski definition) is 14. The Bertz CT molecular complexity index is 1080. The molecular weight excluding hydrogens is 682 g/mol. The predicted octanol–water partition coefficient (Wildman–Crippen LogP) is -5.29. The zero-order valence-corrected chi connectivity index (χ0v) is 29.4. The van der Waals surface area contributed by atoms with E-state index >= 15 is 0 Å². The minimum absolute atomic E-state index is 0.0815. The van der Waals surface area contributed by atoms with Crippen LogP contribution in [0, 0.1) is 5.92 Å². The van der Waals surface area contributed by atoms with Crippen molar-refractivity contribution < 1.29 is 67.8 Å². The summed E-state index contributed by atoms with van der Waals surface area (Å²) in [6.45, 7) is 5.27. The van der Waals surface area contributed by atoms with E-state index in [1.165, 1.54) is 6.92 Å². The van der Waals surface area contributed by atoms with Crippen molar-refractivity contribution in [1.29, 1.82) is 0 Å². The van der Waals surface area contributed by atoms with E-state index < -0.39 is 79.2 Å². The van der Waals surface area contributed by atoms with Gasteiger partial charge in [0.25, 0.3) is 0 Å². The Kier molecular flexibility index (Phi) is 26.4. The summed E-state index contributed by atoms with van der Waals surface area (Å²) in [6.07, 6.45) is -3.68. The number of carbonyl (C=O) groups is 7. The fourth-order valence-electron chi connectivity index (χ4n) is 3.78. The lowest BCUT2D eigenvalue weighted by atomic mass is 10.0. The fourth-order valence-corrected chi connectivity index (χ4v) is 3.78. The molecule has 0 fully saturated rings. The third-order valence-electron chi connectivity index (χ3n) is 6.38. The molecular formula is C30H55N7O14. The summed E-state index contributed by atoms with van der Waals surface area (Å²) >= 11 is 0. The summed E-state index contributed by atoms with van der Waals surface area (Å²) in [4.78, 5) is 83.6. The summed E-state index contributed by atoms with van der Waals surface area (Å²) in [6, 6.07) is -2.08. The maximum absolute atomic E-state index is 12.7. The van der Waals surface area contributed by atoms with Gasteiger partial charge in [-0.2, -0.15) is 0 Å². The van der Waals surface area contributed by atoms with Crippen LogP contribution < -0.4 is 37.6 Å². The van der Waals surface area contributed by atoms with Gasteiger partial charge >= 0.3 is 5.97 Å². The molecule has 0 radical (unpaired) electrons. The average molecular weight is 738 g/mol. The number of hydrogen-bond donors (Lipinski definition) is 10. The zero-order valence-electron chi connectivity index (χ0n) is 29.4. The van der Waals surface area contributed by atoms with Crippen LogP contribution in [0.5, 0.6) is 0 Å². The molecule has 0 rings (SSSR count). The van der Waals surface area contributed by atoms with Gasteiger partial charge in [-0.25, -0.2) is 0 Å². The molecule has 51 heavy (non-hydrogen) atoms. The molecule has 6 amide bonds. The molecule has 0 spiro atoms. The van der Waals surface area contributed by atoms with E-state index in [2.05, 4.69) is 31.9 Å². The van der Waals surface area contributed by atoms with Gasteiger partial charge in [0, 0.05) is 26.2 Å². The number of carboxylic acids is 1. The Balaban J connectivity index is 4.20. The van der Waals surface area contributed by atoms with E-state index in [-0.39, 0.29) is 71.1 Å². The zero-order chi connectivity index (χ0) is 38.6. The van der Waals surface area contributed by atoms with Crippen molar-refractivity contribution in [2.45, 2.75) is 57.9 Å². The summed E-state index contributed by atoms with van der Waals surface area (Å²) in [7, 11) is 0. The van der Waals surface area contributed by atoms with Crippen LogP contribution in [0.4, 0.5) is 0 Å². The van der Waals surface area contributed by atoms with Crippen LogP contribution in [0.15, 0.2) is 0 Å². The van der Waals surface area contributed by atoms with Crippen molar-refractivity contribution in [3.63, 3.8) is 0 Å². The summed E-state index contributed by atoms with van der Waals surface area (Å²) in [5.41, 5.74) is 5.29. The normalized spacial score (nSPS) is 13.3. The number of aliphatic hydroxyl groups excluding tert-OH is 2. The van der Waals surface area contributed by atoms with Gasteiger partial charge in [0.2, 0.25) is 35.4 Å². The quantitative estimate of drug-likeness (QED) is 0.0308. The van der Waals surface area contributed by atoms with Crippen molar-refractivity contribution in [2.24, 2.45) is 11.7 Å². The van der Waals surface area contributed by atoms with E-state index in [1.807, 2.05) is 0 Å². The summed E-state index contributed by atoms with van der Waals surface area (Å²) in [5, 5.41) is 42.9. The Morgan fingerprint density at radius 2 is 1.14 bits per heavy atom. The van der Waals surface area contributed by atoms with E-state index in [1.54, 1.807) is 13.8 Å².